The van der Waals surface area contributed by atoms with Gasteiger partial charge in [-0.25, -0.2) is 42.1 Å². The molecule has 0 radical (unpaired) electrons. The largest absolute Gasteiger partial charge is 0.465 e. The number of rotatable bonds is 34. The molecule has 10 rings (SSSR count). The standard InChI is InChI=1S/2C19H27NO5S.2C17H22N2O5S.C16H23NO5S/c2*1-4-7-17-16(8-6-13-25-17)18(19(21)24-5-2)20-26(22,23)15-11-9-14(3)10-12-15;2*1-3-23-17(20)16(14-5-4-10-24-15(14)11-18)19-25(21,22)13-8-6-12(2)7-9-13;1-3-22-16(18)15(13-5-4-10-21-11-13)17-23(19,20)14-8-6-12(2)7-9-14/h2*4,9-12,16-18,20H,1,5-8,13H2,2-3H3;2*6-9,14-16,19H,3-5,10H2,1-2H3;6-9,13,15,17H,3-5,10-11H2,1-2H3/t16-,17+,18+;16-,17-,18+;14-,15+,16+;14-,15-,16+;13-,15+/m11111/s1. The minimum atomic E-state index is -3.94. The molecule has 0 saturated carbocycles. The van der Waals surface area contributed by atoms with Crippen molar-refractivity contribution in [2.75, 3.05) is 72.7 Å². The lowest BCUT2D eigenvalue weighted by Crippen LogP contribution is -2.52. The van der Waals surface area contributed by atoms with Crippen molar-refractivity contribution in [1.82, 2.24) is 23.6 Å². The fourth-order valence-electron chi connectivity index (χ4n) is 14.4. The number of sulfonamides is 5. The lowest BCUT2D eigenvalue weighted by Gasteiger charge is -2.35. The maximum Gasteiger partial charge on any atom is 0.324 e. The van der Waals surface area contributed by atoms with Gasteiger partial charge in [-0.05, 0) is 207 Å². The van der Waals surface area contributed by atoms with Gasteiger partial charge in [0, 0.05) is 62.6 Å². The summed E-state index contributed by atoms with van der Waals surface area (Å²) in [4.78, 5) is 62.4. The summed E-state index contributed by atoms with van der Waals surface area (Å²) in [5, 5.41) is 18.5. The predicted octanol–water partition coefficient (Wildman–Crippen LogP) is 9.83. The summed E-state index contributed by atoms with van der Waals surface area (Å²) in [5.41, 5.74) is 4.72. The number of nitrogens with zero attached hydrogens (tertiary/aromatic N) is 2. The molecule has 5 heterocycles. The summed E-state index contributed by atoms with van der Waals surface area (Å²) in [6.07, 6.45) is 8.98. The Morgan fingerprint density at radius 3 is 0.816 bits per heavy atom. The van der Waals surface area contributed by atoms with E-state index in [9.17, 15) is 76.6 Å². The molecular formula is C88H121N7O25S5. The molecule has 5 aromatic carbocycles. The van der Waals surface area contributed by atoms with E-state index in [2.05, 4.69) is 36.8 Å². The zero-order chi connectivity index (χ0) is 92.1. The van der Waals surface area contributed by atoms with Crippen LogP contribution in [-0.4, -0.2) is 199 Å². The summed E-state index contributed by atoms with van der Waals surface area (Å²) in [6, 6.07) is 30.8. The van der Waals surface area contributed by atoms with Crippen LogP contribution in [0.4, 0.5) is 0 Å². The number of esters is 5. The second-order valence-corrected chi connectivity index (χ2v) is 38.8. The highest BCUT2D eigenvalue weighted by atomic mass is 32.2. The SMILES string of the molecule is C=CC[C@@H]1OCCC[C@H]1[C@H](NS(=O)(=O)c1ccc(C)cc1)C(=O)OCC.C=CC[C@H]1OCCC[C@H]1[C@H](NS(=O)(=O)c1ccc(C)cc1)C(=O)OCC.CCOC(=O)[C@@H](NS(=O)(=O)c1ccc(C)cc1)[C@@H]1CCCOC1.CCOC(=O)[C@@H](NS(=O)(=O)c1ccc(C)cc1)[C@@H]1CCCO[C@@H]1C#N.CCOC(=O)[C@@H](NS(=O)(=O)c1ccc(C)cc1)[C@@H]1CCCO[C@H]1C#N. The first-order valence-electron chi connectivity index (χ1n) is 41.8. The lowest BCUT2D eigenvalue weighted by atomic mass is 9.86. The van der Waals surface area contributed by atoms with Crippen LogP contribution < -0.4 is 23.6 Å². The van der Waals surface area contributed by atoms with Gasteiger partial charge in [0.2, 0.25) is 50.1 Å². The van der Waals surface area contributed by atoms with E-state index in [1.54, 1.807) is 107 Å². The van der Waals surface area contributed by atoms with E-state index >= 15 is 0 Å². The Bertz CT molecular complexity index is 4720. The molecule has 0 aromatic heterocycles. The Hall–Kier alpha value is -8.74. The monoisotopic (exact) mass is 1840 g/mol. The maximum atomic E-state index is 12.8. The van der Waals surface area contributed by atoms with Crippen molar-refractivity contribution in [3.05, 3.63) is 174 Å². The average molecular weight is 1840 g/mol. The van der Waals surface area contributed by atoms with Crippen LogP contribution in [0.2, 0.25) is 0 Å². The van der Waals surface area contributed by atoms with Crippen molar-refractivity contribution >= 4 is 80.0 Å². The molecule has 0 amide bonds. The summed E-state index contributed by atoms with van der Waals surface area (Å²) in [5.74, 6) is -5.14. The van der Waals surface area contributed by atoms with Gasteiger partial charge in [-0.15, -0.1) is 13.2 Å². The predicted molar refractivity (Wildman–Crippen MR) is 464 cm³/mol. The van der Waals surface area contributed by atoms with Crippen LogP contribution in [0.25, 0.3) is 0 Å². The quantitative estimate of drug-likeness (QED) is 0.0145. The van der Waals surface area contributed by atoms with Crippen molar-refractivity contribution in [3.63, 3.8) is 0 Å². The van der Waals surface area contributed by atoms with Crippen LogP contribution in [0.15, 0.2) is 171 Å². The highest BCUT2D eigenvalue weighted by molar-refractivity contribution is 7.90. The Balaban J connectivity index is 0.000000242. The fourth-order valence-corrected chi connectivity index (χ4v) is 20.6. The zero-order valence-corrected chi connectivity index (χ0v) is 76.7. The minimum Gasteiger partial charge on any atom is -0.465 e. The van der Waals surface area contributed by atoms with Crippen LogP contribution in [0.5, 0.6) is 0 Å². The van der Waals surface area contributed by atoms with Gasteiger partial charge < -0.3 is 47.4 Å². The zero-order valence-electron chi connectivity index (χ0n) is 72.6. The summed E-state index contributed by atoms with van der Waals surface area (Å²) in [6.45, 7) is 29.0. The van der Waals surface area contributed by atoms with Gasteiger partial charge in [0.1, 0.15) is 42.4 Å². The number of nitriles is 2. The summed E-state index contributed by atoms with van der Waals surface area (Å²) >= 11 is 0. The number of hydrogen-bond donors (Lipinski definition) is 5. The molecule has 0 bridgehead atoms. The highest BCUT2D eigenvalue weighted by Crippen LogP contribution is 2.33. The first-order chi connectivity index (χ1) is 59.5. The maximum absolute atomic E-state index is 12.8. The number of benzene rings is 5. The molecule has 14 atom stereocenters. The van der Waals surface area contributed by atoms with Crippen LogP contribution >= 0.6 is 0 Å². The molecule has 0 unspecified atom stereocenters. The Morgan fingerprint density at radius 1 is 0.360 bits per heavy atom. The average Bonchev–Trinajstić information content (AvgIpc) is 0.807. The van der Waals surface area contributed by atoms with E-state index in [1.165, 1.54) is 60.7 Å². The van der Waals surface area contributed by atoms with Crippen molar-refractivity contribution in [2.45, 2.75) is 225 Å². The molecule has 32 nitrogen and oxygen atoms in total. The Labute approximate surface area is 737 Å². The van der Waals surface area contributed by atoms with Gasteiger partial charge in [0.05, 0.1) is 88.5 Å². The minimum absolute atomic E-state index is 0.0534. The highest BCUT2D eigenvalue weighted by Gasteiger charge is 2.45. The second-order valence-electron chi connectivity index (χ2n) is 30.2. The fraction of sp³-hybridized carbons (Fsp3) is 0.534. The molecule has 0 spiro atoms. The number of ether oxygens (including phenoxy) is 10. The third kappa shape index (κ3) is 32.5. The van der Waals surface area contributed by atoms with Crippen LogP contribution in [0, 0.1) is 86.9 Å². The van der Waals surface area contributed by atoms with E-state index in [4.69, 9.17) is 47.4 Å². The van der Waals surface area contributed by atoms with E-state index in [0.29, 0.717) is 91.0 Å². The molecule has 688 valence electrons. The van der Waals surface area contributed by atoms with E-state index in [0.717, 1.165) is 53.5 Å². The molecule has 125 heavy (non-hydrogen) atoms. The first kappa shape index (κ1) is 105. The molecule has 0 aliphatic carbocycles. The van der Waals surface area contributed by atoms with Crippen LogP contribution in [0.3, 0.4) is 0 Å². The van der Waals surface area contributed by atoms with E-state index in [1.807, 2.05) is 46.8 Å². The normalized spacial score (nSPS) is 21.5. The van der Waals surface area contributed by atoms with E-state index < -0.39 is 134 Å². The number of carbonyl (C=O) groups excluding carboxylic acids is 5. The number of nitrogens with one attached hydrogen (secondary N) is 5. The van der Waals surface area contributed by atoms with Gasteiger partial charge in [-0.3, -0.25) is 24.0 Å². The second kappa shape index (κ2) is 51.9. The third-order valence-corrected chi connectivity index (χ3v) is 28.2. The van der Waals surface area contributed by atoms with Crippen molar-refractivity contribution in [2.24, 2.45) is 29.6 Å². The molecule has 5 N–H and O–H groups in total. The number of aryl methyl sites for hydroxylation is 5. The van der Waals surface area contributed by atoms with Gasteiger partial charge in [0.25, 0.3) is 0 Å². The van der Waals surface area contributed by atoms with E-state index in [-0.39, 0.29) is 87.5 Å². The molecule has 5 aromatic rings. The molecule has 37 heteroatoms. The van der Waals surface area contributed by atoms with Crippen LogP contribution in [-0.2, 0) is 121 Å². The van der Waals surface area contributed by atoms with Gasteiger partial charge in [-0.1, -0.05) is 101 Å². The number of hydrogen-bond acceptors (Lipinski definition) is 27. The van der Waals surface area contributed by atoms with Crippen molar-refractivity contribution in [1.29, 1.82) is 10.5 Å². The van der Waals surface area contributed by atoms with Crippen LogP contribution in [0.1, 0.15) is 139 Å². The van der Waals surface area contributed by atoms with Gasteiger partial charge in [-0.2, -0.15) is 34.1 Å². The lowest BCUT2D eigenvalue weighted by molar-refractivity contribution is -0.150. The molecule has 5 saturated heterocycles. The summed E-state index contributed by atoms with van der Waals surface area (Å²) < 4.78 is 192. The molecule has 5 aliphatic rings. The smallest absolute Gasteiger partial charge is 0.324 e. The molecule has 5 aliphatic heterocycles. The molecular weight excluding hydrogens is 1720 g/mol. The number of carbonyl (C=O) groups is 5. The van der Waals surface area contributed by atoms with Gasteiger partial charge >= 0.3 is 29.8 Å². The summed E-state index contributed by atoms with van der Waals surface area (Å²) in [7, 11) is -19.4. The van der Waals surface area contributed by atoms with Crippen molar-refractivity contribution in [3.8, 4) is 12.1 Å². The Kier molecular flexibility index (Phi) is 43.6. The van der Waals surface area contributed by atoms with Crippen molar-refractivity contribution < 1.29 is 113 Å². The molecule has 5 fully saturated rings. The third-order valence-electron chi connectivity index (χ3n) is 20.9. The Morgan fingerprint density at radius 2 is 0.584 bits per heavy atom. The van der Waals surface area contributed by atoms with Gasteiger partial charge in [0.15, 0.2) is 0 Å². The topological polar surface area (TPSA) is 456 Å². The first-order valence-corrected chi connectivity index (χ1v) is 49.2.